The van der Waals surface area contributed by atoms with Crippen molar-refractivity contribution in [3.8, 4) is 0 Å². The molecule has 3 unspecified atom stereocenters. The number of ether oxygens (including phenoxy) is 1. The Balaban J connectivity index is 2.42. The van der Waals surface area contributed by atoms with Crippen molar-refractivity contribution in [3.63, 3.8) is 0 Å². The lowest BCUT2D eigenvalue weighted by atomic mass is 9.73. The van der Waals surface area contributed by atoms with Gasteiger partial charge in [0.05, 0.1) is 28.6 Å². The summed E-state index contributed by atoms with van der Waals surface area (Å²) in [6, 6.07) is 0.0788. The molecule has 3 atom stereocenters. The van der Waals surface area contributed by atoms with Gasteiger partial charge in [-0.15, -0.1) is 0 Å². The number of aromatic nitrogens is 2. The first kappa shape index (κ1) is 16.8. The summed E-state index contributed by atoms with van der Waals surface area (Å²) in [6.45, 7) is 8.03. The lowest BCUT2D eigenvalue weighted by molar-refractivity contribution is -0.102. The first-order valence-electron chi connectivity index (χ1n) is 8.10. The number of nitrogens with one attached hydrogen (secondary N) is 1. The van der Waals surface area contributed by atoms with Crippen LogP contribution in [0, 0.1) is 5.92 Å². The van der Waals surface area contributed by atoms with Gasteiger partial charge in [0.1, 0.15) is 0 Å². The van der Waals surface area contributed by atoms with E-state index in [2.05, 4.69) is 31.2 Å². The zero-order chi connectivity index (χ0) is 15.5. The number of hydrogen-bond donors (Lipinski definition) is 1. The molecule has 0 radical (unpaired) electrons. The topological polar surface area (TPSA) is 39.1 Å². The molecular weight excluding hydrogens is 286 g/mol. The summed E-state index contributed by atoms with van der Waals surface area (Å²) in [7, 11) is 1.99. The Morgan fingerprint density at radius 3 is 2.90 bits per heavy atom. The van der Waals surface area contributed by atoms with Crippen LogP contribution in [0.3, 0.4) is 0 Å². The normalized spacial score (nSPS) is 27.8. The Bertz CT molecular complexity index is 458. The molecule has 1 N–H and O–H groups in total. The van der Waals surface area contributed by atoms with Crippen LogP contribution in [0.2, 0.25) is 5.02 Å². The molecule has 5 heteroatoms. The third kappa shape index (κ3) is 3.27. The van der Waals surface area contributed by atoms with Gasteiger partial charge in [-0.25, -0.2) is 0 Å². The standard InChI is InChI=1S/C16H28ClN3O/c1-5-20-14(13(17)11-19-20)15(18-4)16(21-6-2)9-7-8-12(3)10-16/h11-12,15,18H,5-10H2,1-4H3. The molecule has 1 heterocycles. The molecule has 0 amide bonds. The Labute approximate surface area is 133 Å². The van der Waals surface area contributed by atoms with Gasteiger partial charge in [-0.3, -0.25) is 4.68 Å². The van der Waals surface area contributed by atoms with Crippen molar-refractivity contribution >= 4 is 11.6 Å². The summed E-state index contributed by atoms with van der Waals surface area (Å²) in [5.74, 6) is 0.679. The lowest BCUT2D eigenvalue weighted by Crippen LogP contribution is -2.49. The maximum Gasteiger partial charge on any atom is 0.0894 e. The Morgan fingerprint density at radius 1 is 1.57 bits per heavy atom. The summed E-state index contributed by atoms with van der Waals surface area (Å²) in [4.78, 5) is 0. The van der Waals surface area contributed by atoms with Crippen LogP contribution in [-0.2, 0) is 11.3 Å². The average molecular weight is 314 g/mol. The Morgan fingerprint density at radius 2 is 2.33 bits per heavy atom. The third-order valence-electron chi connectivity index (χ3n) is 4.64. The fraction of sp³-hybridized carbons (Fsp3) is 0.812. The van der Waals surface area contributed by atoms with Crippen molar-refractivity contribution in [2.45, 2.75) is 64.6 Å². The Kier molecular flexibility index (Phi) is 5.69. The second-order valence-corrected chi connectivity index (χ2v) is 6.52. The molecule has 2 rings (SSSR count). The van der Waals surface area contributed by atoms with E-state index in [4.69, 9.17) is 16.3 Å². The summed E-state index contributed by atoms with van der Waals surface area (Å²) in [5, 5.41) is 8.59. The van der Waals surface area contributed by atoms with Gasteiger partial charge in [0.25, 0.3) is 0 Å². The van der Waals surface area contributed by atoms with Crippen molar-refractivity contribution in [2.24, 2.45) is 5.92 Å². The van der Waals surface area contributed by atoms with Crippen molar-refractivity contribution < 1.29 is 4.74 Å². The van der Waals surface area contributed by atoms with E-state index in [0.29, 0.717) is 5.92 Å². The molecule has 0 aromatic carbocycles. The number of rotatable bonds is 6. The fourth-order valence-electron chi connectivity index (χ4n) is 3.87. The SMILES string of the molecule is CCOC1(C(NC)c2c(Cl)cnn2CC)CCCC(C)C1. The number of hydrogen-bond acceptors (Lipinski definition) is 3. The Hall–Kier alpha value is -0.580. The molecule has 1 aliphatic rings. The highest BCUT2D eigenvalue weighted by molar-refractivity contribution is 6.31. The van der Waals surface area contributed by atoms with Gasteiger partial charge in [-0.1, -0.05) is 31.4 Å². The van der Waals surface area contributed by atoms with Crippen molar-refractivity contribution in [1.29, 1.82) is 0 Å². The van der Waals surface area contributed by atoms with Gasteiger partial charge in [-0.05, 0) is 39.7 Å². The molecule has 4 nitrogen and oxygen atoms in total. The molecular formula is C16H28ClN3O. The first-order chi connectivity index (χ1) is 10.1. The summed E-state index contributed by atoms with van der Waals surface area (Å²) in [5.41, 5.74) is 0.877. The van der Waals surface area contributed by atoms with Crippen molar-refractivity contribution in [2.75, 3.05) is 13.7 Å². The monoisotopic (exact) mass is 313 g/mol. The van der Waals surface area contributed by atoms with Gasteiger partial charge < -0.3 is 10.1 Å². The average Bonchev–Trinajstić information content (AvgIpc) is 2.81. The van der Waals surface area contributed by atoms with Crippen LogP contribution in [-0.4, -0.2) is 29.0 Å². The molecule has 0 bridgehead atoms. The maximum absolute atomic E-state index is 6.44. The van der Waals surface area contributed by atoms with Crippen LogP contribution in [0.15, 0.2) is 6.20 Å². The summed E-state index contributed by atoms with van der Waals surface area (Å²) < 4.78 is 8.30. The third-order valence-corrected chi connectivity index (χ3v) is 4.93. The number of halogens is 1. The fourth-order valence-corrected chi connectivity index (χ4v) is 4.12. The smallest absolute Gasteiger partial charge is 0.0894 e. The molecule has 1 aromatic rings. The number of likely N-dealkylation sites (N-methyl/N-ethyl adjacent to an activating group) is 1. The predicted octanol–water partition coefficient (Wildman–Crippen LogP) is 3.80. The van der Waals surface area contributed by atoms with Gasteiger partial charge in [-0.2, -0.15) is 5.10 Å². The van der Waals surface area contributed by atoms with Crippen LogP contribution in [0.1, 0.15) is 58.2 Å². The number of aryl methyl sites for hydroxylation is 1. The van der Waals surface area contributed by atoms with E-state index in [1.54, 1.807) is 6.20 Å². The summed E-state index contributed by atoms with van der Waals surface area (Å²) in [6.07, 6.45) is 6.37. The molecule has 0 aliphatic heterocycles. The van der Waals surface area contributed by atoms with E-state index in [1.807, 2.05) is 11.7 Å². The molecule has 0 spiro atoms. The second-order valence-electron chi connectivity index (χ2n) is 6.11. The van der Waals surface area contributed by atoms with Crippen molar-refractivity contribution in [3.05, 3.63) is 16.9 Å². The van der Waals surface area contributed by atoms with Crippen LogP contribution >= 0.6 is 11.6 Å². The zero-order valence-electron chi connectivity index (χ0n) is 13.7. The molecule has 1 aliphatic carbocycles. The van der Waals surface area contributed by atoms with Crippen LogP contribution in [0.4, 0.5) is 0 Å². The lowest BCUT2D eigenvalue weighted by Gasteiger charge is -2.45. The van der Waals surface area contributed by atoms with E-state index in [1.165, 1.54) is 12.8 Å². The summed E-state index contributed by atoms with van der Waals surface area (Å²) >= 11 is 6.44. The van der Waals surface area contributed by atoms with E-state index in [0.717, 1.165) is 36.7 Å². The van der Waals surface area contributed by atoms with Gasteiger partial charge in [0.15, 0.2) is 0 Å². The van der Waals surface area contributed by atoms with Crippen LogP contribution in [0.25, 0.3) is 0 Å². The highest BCUT2D eigenvalue weighted by Gasteiger charge is 2.44. The minimum atomic E-state index is -0.183. The molecule has 0 saturated heterocycles. The molecule has 1 aromatic heterocycles. The largest absolute Gasteiger partial charge is 0.373 e. The van der Waals surface area contributed by atoms with E-state index in [-0.39, 0.29) is 11.6 Å². The minimum absolute atomic E-state index is 0.0788. The zero-order valence-corrected chi connectivity index (χ0v) is 14.4. The van der Waals surface area contributed by atoms with Gasteiger partial charge in [0.2, 0.25) is 0 Å². The first-order valence-corrected chi connectivity index (χ1v) is 8.48. The minimum Gasteiger partial charge on any atom is -0.373 e. The maximum atomic E-state index is 6.44. The second kappa shape index (κ2) is 7.12. The van der Waals surface area contributed by atoms with Gasteiger partial charge >= 0.3 is 0 Å². The predicted molar refractivity (Wildman–Crippen MR) is 86.7 cm³/mol. The van der Waals surface area contributed by atoms with Crippen LogP contribution in [0.5, 0.6) is 0 Å². The molecule has 1 saturated carbocycles. The highest BCUT2D eigenvalue weighted by atomic mass is 35.5. The van der Waals surface area contributed by atoms with E-state index in [9.17, 15) is 0 Å². The highest BCUT2D eigenvalue weighted by Crippen LogP contribution is 2.44. The van der Waals surface area contributed by atoms with E-state index < -0.39 is 0 Å². The van der Waals surface area contributed by atoms with E-state index >= 15 is 0 Å². The molecule has 21 heavy (non-hydrogen) atoms. The molecule has 1 fully saturated rings. The number of nitrogens with zero attached hydrogens (tertiary/aromatic N) is 2. The van der Waals surface area contributed by atoms with Crippen molar-refractivity contribution in [1.82, 2.24) is 15.1 Å². The van der Waals surface area contributed by atoms with Gasteiger partial charge in [0, 0.05) is 13.2 Å². The van der Waals surface area contributed by atoms with Crippen LogP contribution < -0.4 is 5.32 Å². The quantitative estimate of drug-likeness (QED) is 0.868. The molecule has 120 valence electrons.